The Hall–Kier alpha value is -1.64. The Balaban J connectivity index is 1.90. The maximum absolute atomic E-state index is 13.2. The van der Waals surface area contributed by atoms with Gasteiger partial charge in [0, 0.05) is 38.9 Å². The van der Waals surface area contributed by atoms with Crippen molar-refractivity contribution in [3.63, 3.8) is 0 Å². The molecular formula is C19H28N2O5S. The third-order valence-electron chi connectivity index (χ3n) is 5.36. The van der Waals surface area contributed by atoms with Gasteiger partial charge in [0.2, 0.25) is 10.0 Å². The lowest BCUT2D eigenvalue weighted by atomic mass is 10.2. The largest absolute Gasteiger partial charge is 0.495 e. The van der Waals surface area contributed by atoms with Gasteiger partial charge < -0.3 is 14.4 Å². The third kappa shape index (κ3) is 4.28. The molecule has 2 saturated heterocycles. The van der Waals surface area contributed by atoms with Gasteiger partial charge in [0.05, 0.1) is 13.2 Å². The Bertz CT molecular complexity index is 772. The van der Waals surface area contributed by atoms with Gasteiger partial charge in [-0.25, -0.2) is 8.42 Å². The van der Waals surface area contributed by atoms with Gasteiger partial charge in [-0.3, -0.25) is 4.79 Å². The molecule has 27 heavy (non-hydrogen) atoms. The number of nitrogens with zero attached hydrogens (tertiary/aromatic N) is 2. The van der Waals surface area contributed by atoms with E-state index in [9.17, 15) is 13.2 Å². The zero-order valence-electron chi connectivity index (χ0n) is 16.0. The molecule has 1 amide bonds. The predicted octanol–water partition coefficient (Wildman–Crippen LogP) is 2.12. The third-order valence-corrected chi connectivity index (χ3v) is 7.28. The van der Waals surface area contributed by atoms with Crippen molar-refractivity contribution in [3.8, 4) is 5.75 Å². The maximum atomic E-state index is 13.2. The van der Waals surface area contributed by atoms with Crippen LogP contribution in [0.25, 0.3) is 0 Å². The van der Waals surface area contributed by atoms with Crippen LogP contribution in [0.5, 0.6) is 5.75 Å². The molecule has 7 nitrogen and oxygen atoms in total. The highest BCUT2D eigenvalue weighted by molar-refractivity contribution is 7.89. The summed E-state index contributed by atoms with van der Waals surface area (Å²) in [7, 11) is -0.627. The van der Waals surface area contributed by atoms with Crippen molar-refractivity contribution in [2.24, 2.45) is 0 Å². The van der Waals surface area contributed by atoms with E-state index in [0.717, 1.165) is 32.1 Å². The predicted molar refractivity (Wildman–Crippen MR) is 102 cm³/mol. The number of methoxy groups -OCH3 is 2. The summed E-state index contributed by atoms with van der Waals surface area (Å²) in [6.07, 6.45) is 4.61. The number of hydrogen-bond acceptors (Lipinski definition) is 5. The highest BCUT2D eigenvalue weighted by Gasteiger charge is 2.31. The summed E-state index contributed by atoms with van der Waals surface area (Å²) in [6, 6.07) is 4.66. The average molecular weight is 397 g/mol. The van der Waals surface area contributed by atoms with Crippen molar-refractivity contribution in [1.29, 1.82) is 0 Å². The van der Waals surface area contributed by atoms with Crippen LogP contribution in [0.15, 0.2) is 23.1 Å². The van der Waals surface area contributed by atoms with Crippen LogP contribution >= 0.6 is 0 Å². The standard InChI is InChI=1S/C19H28N2O5S/c1-25-16-9-12-20(14-16)19(22)15-7-8-17(26-2)18(13-15)27(23,24)21-10-5-3-4-6-11-21/h7-8,13,16H,3-6,9-12,14H2,1-2H3/t16-/m1/s1. The van der Waals surface area contributed by atoms with Crippen LogP contribution in [0.1, 0.15) is 42.5 Å². The Kier molecular flexibility index (Phi) is 6.39. The van der Waals surface area contributed by atoms with E-state index in [0.29, 0.717) is 31.7 Å². The van der Waals surface area contributed by atoms with Crippen LogP contribution in [0, 0.1) is 0 Å². The molecule has 1 aromatic carbocycles. The molecule has 2 aliphatic rings. The summed E-state index contributed by atoms with van der Waals surface area (Å²) in [5.74, 6) is 0.0940. The molecule has 150 valence electrons. The number of carbonyl (C=O) groups excluding carboxylic acids is 1. The van der Waals surface area contributed by atoms with Gasteiger partial charge in [0.1, 0.15) is 10.6 Å². The maximum Gasteiger partial charge on any atom is 0.253 e. The minimum absolute atomic E-state index is 0.0347. The number of sulfonamides is 1. The Morgan fingerprint density at radius 2 is 1.78 bits per heavy atom. The van der Waals surface area contributed by atoms with E-state index in [1.165, 1.54) is 17.5 Å². The Labute approximate surface area is 161 Å². The second-order valence-electron chi connectivity index (χ2n) is 7.08. The van der Waals surface area contributed by atoms with Crippen LogP contribution in [-0.4, -0.2) is 70.0 Å². The van der Waals surface area contributed by atoms with Crippen molar-refractivity contribution < 1.29 is 22.7 Å². The molecule has 0 unspecified atom stereocenters. The first-order valence-corrected chi connectivity index (χ1v) is 10.9. The van der Waals surface area contributed by atoms with Gasteiger partial charge in [-0.2, -0.15) is 4.31 Å². The number of carbonyl (C=O) groups is 1. The molecule has 0 bridgehead atoms. The number of hydrogen-bond donors (Lipinski definition) is 0. The van der Waals surface area contributed by atoms with Gasteiger partial charge in [0.25, 0.3) is 5.91 Å². The fourth-order valence-electron chi connectivity index (χ4n) is 3.72. The second kappa shape index (κ2) is 8.58. The molecule has 2 fully saturated rings. The van der Waals surface area contributed by atoms with Gasteiger partial charge in [-0.05, 0) is 37.5 Å². The number of amides is 1. The van der Waals surface area contributed by atoms with Crippen molar-refractivity contribution >= 4 is 15.9 Å². The van der Waals surface area contributed by atoms with E-state index in [-0.39, 0.29) is 22.7 Å². The van der Waals surface area contributed by atoms with Crippen molar-refractivity contribution in [2.75, 3.05) is 40.4 Å². The topological polar surface area (TPSA) is 76.1 Å². The lowest BCUT2D eigenvalue weighted by Gasteiger charge is -2.22. The minimum Gasteiger partial charge on any atom is -0.495 e. The summed E-state index contributed by atoms with van der Waals surface area (Å²) in [4.78, 5) is 14.6. The van der Waals surface area contributed by atoms with Crippen molar-refractivity contribution in [3.05, 3.63) is 23.8 Å². The van der Waals surface area contributed by atoms with E-state index in [1.54, 1.807) is 24.1 Å². The molecule has 8 heteroatoms. The molecule has 2 heterocycles. The normalized spacial score (nSPS) is 21.9. The molecule has 0 saturated carbocycles. The molecule has 0 N–H and O–H groups in total. The summed E-state index contributed by atoms with van der Waals surface area (Å²) in [5.41, 5.74) is 0.362. The lowest BCUT2D eigenvalue weighted by Crippen LogP contribution is -2.33. The smallest absolute Gasteiger partial charge is 0.253 e. The molecule has 1 atom stereocenters. The van der Waals surface area contributed by atoms with Crippen molar-refractivity contribution in [1.82, 2.24) is 9.21 Å². The molecule has 2 aliphatic heterocycles. The summed E-state index contributed by atoms with van der Waals surface area (Å²) in [6.45, 7) is 2.14. The van der Waals surface area contributed by atoms with Crippen LogP contribution < -0.4 is 4.74 Å². The van der Waals surface area contributed by atoms with Crippen LogP contribution in [0.4, 0.5) is 0 Å². The number of benzene rings is 1. The number of rotatable bonds is 5. The zero-order chi connectivity index (χ0) is 19.4. The summed E-state index contributed by atoms with van der Waals surface area (Å²) in [5, 5.41) is 0. The van der Waals surface area contributed by atoms with Gasteiger partial charge in [-0.15, -0.1) is 0 Å². The fraction of sp³-hybridized carbons (Fsp3) is 0.632. The van der Waals surface area contributed by atoms with Gasteiger partial charge in [0.15, 0.2) is 0 Å². The first-order chi connectivity index (χ1) is 13.0. The van der Waals surface area contributed by atoms with Crippen LogP contribution in [0.2, 0.25) is 0 Å². The van der Waals surface area contributed by atoms with Crippen molar-refractivity contribution in [2.45, 2.75) is 43.1 Å². The summed E-state index contributed by atoms with van der Waals surface area (Å²) >= 11 is 0. The monoisotopic (exact) mass is 396 g/mol. The van der Waals surface area contributed by atoms with E-state index in [2.05, 4.69) is 0 Å². The van der Waals surface area contributed by atoms with E-state index in [1.807, 2.05) is 0 Å². The van der Waals surface area contributed by atoms with Gasteiger partial charge in [-0.1, -0.05) is 12.8 Å². The zero-order valence-corrected chi connectivity index (χ0v) is 16.8. The molecule has 0 radical (unpaired) electrons. The quantitative estimate of drug-likeness (QED) is 0.762. The molecule has 0 aromatic heterocycles. The Morgan fingerprint density at radius 3 is 2.37 bits per heavy atom. The van der Waals surface area contributed by atoms with Gasteiger partial charge >= 0.3 is 0 Å². The Morgan fingerprint density at radius 1 is 1.07 bits per heavy atom. The molecule has 0 spiro atoms. The molecule has 0 aliphatic carbocycles. The first-order valence-electron chi connectivity index (χ1n) is 9.47. The fourth-order valence-corrected chi connectivity index (χ4v) is 5.42. The molecule has 3 rings (SSSR count). The minimum atomic E-state index is -3.71. The number of ether oxygens (including phenoxy) is 2. The molecule has 1 aromatic rings. The highest BCUT2D eigenvalue weighted by atomic mass is 32.2. The SMILES string of the molecule is COc1ccc(C(=O)N2CC[C@@H](OC)C2)cc1S(=O)(=O)N1CCCCCC1. The summed E-state index contributed by atoms with van der Waals surface area (Å²) < 4.78 is 38.6. The molecular weight excluding hydrogens is 368 g/mol. The highest BCUT2D eigenvalue weighted by Crippen LogP contribution is 2.30. The van der Waals surface area contributed by atoms with Crippen LogP contribution in [-0.2, 0) is 14.8 Å². The second-order valence-corrected chi connectivity index (χ2v) is 8.99. The van der Waals surface area contributed by atoms with Crippen LogP contribution in [0.3, 0.4) is 0 Å². The van der Waals surface area contributed by atoms with E-state index in [4.69, 9.17) is 9.47 Å². The lowest BCUT2D eigenvalue weighted by molar-refractivity contribution is 0.0724. The van der Waals surface area contributed by atoms with E-state index >= 15 is 0 Å². The van der Waals surface area contributed by atoms with E-state index < -0.39 is 10.0 Å². The first kappa shape index (κ1) is 20.1. The number of likely N-dealkylation sites (tertiary alicyclic amines) is 1. The average Bonchev–Trinajstić information content (AvgIpc) is 2.99.